The molecule has 0 radical (unpaired) electrons. The van der Waals surface area contributed by atoms with Gasteiger partial charge in [-0.15, -0.1) is 0 Å². The summed E-state index contributed by atoms with van der Waals surface area (Å²) in [6.07, 6.45) is 2.92. The first-order valence-electron chi connectivity index (χ1n) is 7.15. The Bertz CT molecular complexity index is 542. The largest absolute Gasteiger partial charge is 0.395 e. The Morgan fingerprint density at radius 1 is 1.67 bits per heavy atom. The second-order valence-electron chi connectivity index (χ2n) is 5.06. The molecule has 0 bridgehead atoms. The Hall–Kier alpha value is -1.90. The van der Waals surface area contributed by atoms with Crippen LogP contribution in [0.2, 0.25) is 0 Å². The maximum atomic E-state index is 12.3. The molecule has 1 aromatic rings. The lowest BCUT2D eigenvalue weighted by atomic mass is 10.0. The molecule has 1 aliphatic rings. The van der Waals surface area contributed by atoms with E-state index in [-0.39, 0.29) is 18.6 Å². The van der Waals surface area contributed by atoms with E-state index in [2.05, 4.69) is 22.1 Å². The van der Waals surface area contributed by atoms with E-state index in [1.807, 2.05) is 6.92 Å². The molecule has 1 aromatic heterocycles. The van der Waals surface area contributed by atoms with Crippen LogP contribution >= 0.6 is 0 Å². The van der Waals surface area contributed by atoms with E-state index >= 15 is 0 Å². The number of ether oxygens (including phenoxy) is 1. The highest BCUT2D eigenvalue weighted by molar-refractivity contribution is 5.94. The maximum Gasteiger partial charge on any atom is 0.271 e. The average molecular weight is 288 g/mol. The molecule has 5 heteroatoms. The van der Waals surface area contributed by atoms with Crippen LogP contribution in [0.5, 0.6) is 0 Å². The minimum atomic E-state index is -0.219. The van der Waals surface area contributed by atoms with Crippen molar-refractivity contribution in [1.29, 1.82) is 0 Å². The monoisotopic (exact) mass is 288 g/mol. The van der Waals surface area contributed by atoms with Crippen molar-refractivity contribution in [3.63, 3.8) is 0 Å². The summed E-state index contributed by atoms with van der Waals surface area (Å²) in [5.74, 6) is 5.82. The van der Waals surface area contributed by atoms with Crippen molar-refractivity contribution in [2.24, 2.45) is 5.92 Å². The van der Waals surface area contributed by atoms with Crippen molar-refractivity contribution in [3.05, 3.63) is 29.6 Å². The van der Waals surface area contributed by atoms with Gasteiger partial charge in [0.25, 0.3) is 5.91 Å². The molecule has 0 aromatic carbocycles. The molecule has 0 saturated carbocycles. The van der Waals surface area contributed by atoms with Crippen molar-refractivity contribution in [2.45, 2.75) is 25.8 Å². The number of aliphatic hydroxyl groups excluding tert-OH is 1. The van der Waals surface area contributed by atoms with Crippen LogP contribution in [0.4, 0.5) is 0 Å². The standard InChI is InChI=1S/C16H20N2O3/c1-12(14-7-10-21-11-14)18-16(20)15-13(5-2-3-9-19)6-4-8-17-15/h4,6,8,12,14,19H,3,7,9-11H2,1H3,(H,18,20). The van der Waals surface area contributed by atoms with E-state index < -0.39 is 0 Å². The molecule has 2 heterocycles. The fraction of sp³-hybridized carbons (Fsp3) is 0.500. The van der Waals surface area contributed by atoms with Crippen LogP contribution in [-0.2, 0) is 4.74 Å². The van der Waals surface area contributed by atoms with Gasteiger partial charge in [-0.3, -0.25) is 4.79 Å². The van der Waals surface area contributed by atoms with E-state index in [1.54, 1.807) is 18.3 Å². The Labute approximate surface area is 124 Å². The zero-order valence-corrected chi connectivity index (χ0v) is 12.1. The highest BCUT2D eigenvalue weighted by atomic mass is 16.5. The van der Waals surface area contributed by atoms with E-state index in [0.717, 1.165) is 13.0 Å². The molecule has 112 valence electrons. The van der Waals surface area contributed by atoms with Crippen molar-refractivity contribution >= 4 is 5.91 Å². The van der Waals surface area contributed by atoms with Crippen LogP contribution in [0.15, 0.2) is 18.3 Å². The number of hydrogen-bond donors (Lipinski definition) is 2. The molecule has 0 aliphatic carbocycles. The maximum absolute atomic E-state index is 12.3. The Kier molecular flexibility index (Phi) is 5.73. The number of aromatic nitrogens is 1. The van der Waals surface area contributed by atoms with Gasteiger partial charge in [0.1, 0.15) is 5.69 Å². The zero-order valence-electron chi connectivity index (χ0n) is 12.1. The lowest BCUT2D eigenvalue weighted by Gasteiger charge is -2.19. The van der Waals surface area contributed by atoms with Gasteiger partial charge in [0.2, 0.25) is 0 Å². The molecule has 1 fully saturated rings. The lowest BCUT2D eigenvalue weighted by Crippen LogP contribution is -2.39. The molecule has 2 N–H and O–H groups in total. The molecule has 2 unspecified atom stereocenters. The molecule has 1 saturated heterocycles. The third kappa shape index (κ3) is 4.28. The van der Waals surface area contributed by atoms with Gasteiger partial charge in [0, 0.05) is 31.2 Å². The summed E-state index contributed by atoms with van der Waals surface area (Å²) in [6, 6.07) is 3.55. The molecule has 5 nitrogen and oxygen atoms in total. The van der Waals surface area contributed by atoms with Crippen molar-refractivity contribution in [1.82, 2.24) is 10.3 Å². The number of pyridine rings is 1. The van der Waals surface area contributed by atoms with Gasteiger partial charge in [-0.25, -0.2) is 4.98 Å². The summed E-state index contributed by atoms with van der Waals surface area (Å²) < 4.78 is 5.34. The second-order valence-corrected chi connectivity index (χ2v) is 5.06. The van der Waals surface area contributed by atoms with Gasteiger partial charge < -0.3 is 15.2 Å². The molecule has 0 spiro atoms. The minimum absolute atomic E-state index is 0.00745. The molecule has 2 atom stereocenters. The summed E-state index contributed by atoms with van der Waals surface area (Å²) >= 11 is 0. The first kappa shape index (κ1) is 15.5. The summed E-state index contributed by atoms with van der Waals surface area (Å²) in [5, 5.41) is 11.7. The predicted molar refractivity (Wildman–Crippen MR) is 78.7 cm³/mol. The third-order valence-electron chi connectivity index (χ3n) is 3.51. The summed E-state index contributed by atoms with van der Waals surface area (Å²) in [6.45, 7) is 3.43. The first-order valence-corrected chi connectivity index (χ1v) is 7.15. The number of aliphatic hydroxyl groups is 1. The molecule has 1 amide bonds. The first-order chi connectivity index (χ1) is 10.2. The zero-order chi connectivity index (χ0) is 15.1. The SMILES string of the molecule is CC(NC(=O)c1ncccc1C#CCCO)C1CCOC1. The number of carbonyl (C=O) groups excluding carboxylic acids is 1. The third-order valence-corrected chi connectivity index (χ3v) is 3.51. The van der Waals surface area contributed by atoms with Crippen LogP contribution in [0.25, 0.3) is 0 Å². The summed E-state index contributed by atoms with van der Waals surface area (Å²) in [7, 11) is 0. The average Bonchev–Trinajstić information content (AvgIpc) is 3.02. The Balaban J connectivity index is 2.06. The van der Waals surface area contributed by atoms with Crippen molar-refractivity contribution < 1.29 is 14.6 Å². The number of carbonyl (C=O) groups is 1. The molecule has 21 heavy (non-hydrogen) atoms. The van der Waals surface area contributed by atoms with Gasteiger partial charge >= 0.3 is 0 Å². The number of amides is 1. The molecule has 2 rings (SSSR count). The van der Waals surface area contributed by atoms with E-state index in [4.69, 9.17) is 9.84 Å². The fourth-order valence-corrected chi connectivity index (χ4v) is 2.24. The lowest BCUT2D eigenvalue weighted by molar-refractivity contribution is 0.0917. The van der Waals surface area contributed by atoms with Gasteiger partial charge in [-0.05, 0) is 25.5 Å². The van der Waals surface area contributed by atoms with Gasteiger partial charge in [0.15, 0.2) is 0 Å². The quantitative estimate of drug-likeness (QED) is 0.810. The number of nitrogens with zero attached hydrogens (tertiary/aromatic N) is 1. The van der Waals surface area contributed by atoms with Crippen molar-refractivity contribution in [2.75, 3.05) is 19.8 Å². The van der Waals surface area contributed by atoms with Crippen LogP contribution < -0.4 is 5.32 Å². The van der Waals surface area contributed by atoms with Crippen LogP contribution in [0.3, 0.4) is 0 Å². The molecule has 1 aliphatic heterocycles. The second kappa shape index (κ2) is 7.77. The normalized spacial score (nSPS) is 18.7. The topological polar surface area (TPSA) is 71.5 Å². The number of rotatable bonds is 4. The van der Waals surface area contributed by atoms with Gasteiger partial charge in [-0.1, -0.05) is 11.8 Å². The van der Waals surface area contributed by atoms with Crippen LogP contribution in [0.1, 0.15) is 35.8 Å². The van der Waals surface area contributed by atoms with Gasteiger partial charge in [0.05, 0.1) is 18.8 Å². The van der Waals surface area contributed by atoms with E-state index in [0.29, 0.717) is 30.2 Å². The van der Waals surface area contributed by atoms with Gasteiger partial charge in [-0.2, -0.15) is 0 Å². The summed E-state index contributed by atoms with van der Waals surface area (Å²) in [4.78, 5) is 16.5. The highest BCUT2D eigenvalue weighted by Crippen LogP contribution is 2.17. The predicted octanol–water partition coefficient (Wildman–Crippen LogP) is 0.970. The van der Waals surface area contributed by atoms with E-state index in [9.17, 15) is 4.79 Å². The summed E-state index contributed by atoms with van der Waals surface area (Å²) in [5.41, 5.74) is 0.909. The molecular weight excluding hydrogens is 268 g/mol. The van der Waals surface area contributed by atoms with Crippen LogP contribution in [-0.4, -0.2) is 41.9 Å². The Morgan fingerprint density at radius 2 is 2.52 bits per heavy atom. The van der Waals surface area contributed by atoms with E-state index in [1.165, 1.54) is 0 Å². The number of nitrogens with one attached hydrogen (secondary N) is 1. The number of hydrogen-bond acceptors (Lipinski definition) is 4. The van der Waals surface area contributed by atoms with Crippen LogP contribution in [0, 0.1) is 17.8 Å². The molecular formula is C16H20N2O3. The smallest absolute Gasteiger partial charge is 0.271 e. The minimum Gasteiger partial charge on any atom is -0.395 e. The highest BCUT2D eigenvalue weighted by Gasteiger charge is 2.24. The Morgan fingerprint density at radius 3 is 3.24 bits per heavy atom. The van der Waals surface area contributed by atoms with Crippen molar-refractivity contribution in [3.8, 4) is 11.8 Å². The fourth-order valence-electron chi connectivity index (χ4n) is 2.24.